The lowest BCUT2D eigenvalue weighted by molar-refractivity contribution is -0.141. The predicted molar refractivity (Wildman–Crippen MR) is 147 cm³/mol. The van der Waals surface area contributed by atoms with Gasteiger partial charge in [0.25, 0.3) is 0 Å². The van der Waals surface area contributed by atoms with Gasteiger partial charge < -0.3 is 10.2 Å². The molecule has 2 amide bonds. The number of anilines is 1. The van der Waals surface area contributed by atoms with Gasteiger partial charge in [0.15, 0.2) is 0 Å². The van der Waals surface area contributed by atoms with Crippen molar-refractivity contribution in [3.8, 4) is 0 Å². The first-order valence-corrected chi connectivity index (χ1v) is 14.5. The maximum Gasteiger partial charge on any atom is 0.242 e. The van der Waals surface area contributed by atoms with Crippen molar-refractivity contribution in [3.63, 3.8) is 0 Å². The van der Waals surface area contributed by atoms with E-state index < -0.39 is 16.1 Å². The summed E-state index contributed by atoms with van der Waals surface area (Å²) in [6.45, 7) is 7.96. The molecular weight excluding hydrogens is 498 g/mol. The molecular formula is C27H38ClN3O4S. The molecule has 0 saturated carbocycles. The van der Waals surface area contributed by atoms with Crippen LogP contribution in [0.4, 0.5) is 5.69 Å². The normalized spacial score (nSPS) is 12.3. The quantitative estimate of drug-likeness (QED) is 0.407. The molecule has 0 saturated heterocycles. The summed E-state index contributed by atoms with van der Waals surface area (Å²) in [4.78, 5) is 27.9. The van der Waals surface area contributed by atoms with E-state index in [1.165, 1.54) is 4.31 Å². The third-order valence-electron chi connectivity index (χ3n) is 5.96. The van der Waals surface area contributed by atoms with Gasteiger partial charge in [0.2, 0.25) is 21.8 Å². The van der Waals surface area contributed by atoms with Crippen LogP contribution < -0.4 is 9.62 Å². The molecule has 0 bridgehead atoms. The Hall–Kier alpha value is -2.58. The van der Waals surface area contributed by atoms with Crippen molar-refractivity contribution in [2.24, 2.45) is 0 Å². The number of rotatable bonds is 13. The van der Waals surface area contributed by atoms with E-state index in [-0.39, 0.29) is 30.8 Å². The van der Waals surface area contributed by atoms with Crippen molar-refractivity contribution >= 4 is 39.1 Å². The predicted octanol–water partition coefficient (Wildman–Crippen LogP) is 4.57. The summed E-state index contributed by atoms with van der Waals surface area (Å²) in [5.74, 6) is -0.353. The van der Waals surface area contributed by atoms with Crippen LogP contribution in [0.15, 0.2) is 48.5 Å². The first-order valence-electron chi connectivity index (χ1n) is 12.3. The number of halogens is 1. The van der Waals surface area contributed by atoms with Crippen LogP contribution in [0, 0.1) is 6.92 Å². The lowest BCUT2D eigenvalue weighted by Gasteiger charge is -2.31. The molecule has 36 heavy (non-hydrogen) atoms. The molecule has 2 aromatic carbocycles. The Kier molecular flexibility index (Phi) is 11.2. The first-order chi connectivity index (χ1) is 17.0. The van der Waals surface area contributed by atoms with E-state index in [1.54, 1.807) is 30.0 Å². The number of carbonyl (C=O) groups excluding carboxylic acids is 2. The fourth-order valence-corrected chi connectivity index (χ4v) is 5.31. The highest BCUT2D eigenvalue weighted by Crippen LogP contribution is 2.28. The van der Waals surface area contributed by atoms with Crippen molar-refractivity contribution < 1.29 is 18.0 Å². The van der Waals surface area contributed by atoms with Crippen LogP contribution in [-0.4, -0.2) is 56.6 Å². The Morgan fingerprint density at radius 3 is 2.28 bits per heavy atom. The van der Waals surface area contributed by atoms with Crippen molar-refractivity contribution in [3.05, 3.63) is 64.7 Å². The third kappa shape index (κ3) is 8.52. The second-order valence-electron chi connectivity index (χ2n) is 9.23. The Morgan fingerprint density at radius 1 is 1.03 bits per heavy atom. The molecule has 198 valence electrons. The zero-order chi connectivity index (χ0) is 26.9. The van der Waals surface area contributed by atoms with Crippen LogP contribution in [0.1, 0.15) is 51.2 Å². The molecule has 0 aliphatic carbocycles. The Labute approximate surface area is 220 Å². The van der Waals surface area contributed by atoms with Gasteiger partial charge in [-0.25, -0.2) is 8.42 Å². The molecule has 1 N–H and O–H groups in total. The molecule has 2 rings (SSSR count). The van der Waals surface area contributed by atoms with Crippen LogP contribution in [0.5, 0.6) is 0 Å². The average Bonchev–Trinajstić information content (AvgIpc) is 2.80. The molecule has 0 aliphatic rings. The highest BCUT2D eigenvalue weighted by Gasteiger charge is 2.29. The molecule has 0 fully saturated rings. The molecule has 9 heteroatoms. The zero-order valence-electron chi connectivity index (χ0n) is 21.8. The second kappa shape index (κ2) is 13.7. The SMILES string of the molecule is CC[C@H](C(=O)NC(C)C)N(CCc1ccccc1)C(=O)CCCN(c1cccc(Cl)c1C)S(C)(=O)=O. The lowest BCUT2D eigenvalue weighted by Crippen LogP contribution is -2.51. The average molecular weight is 536 g/mol. The van der Waals surface area contributed by atoms with E-state index in [4.69, 9.17) is 11.6 Å². The molecule has 2 aromatic rings. The number of carbonyl (C=O) groups is 2. The highest BCUT2D eigenvalue weighted by atomic mass is 35.5. The summed E-state index contributed by atoms with van der Waals surface area (Å²) < 4.78 is 26.4. The molecule has 0 aliphatic heterocycles. The molecule has 0 heterocycles. The van der Waals surface area contributed by atoms with Gasteiger partial charge in [0.1, 0.15) is 6.04 Å². The zero-order valence-corrected chi connectivity index (χ0v) is 23.4. The molecule has 7 nitrogen and oxygen atoms in total. The minimum atomic E-state index is -3.58. The topological polar surface area (TPSA) is 86.8 Å². The van der Waals surface area contributed by atoms with Crippen LogP contribution in [-0.2, 0) is 26.0 Å². The van der Waals surface area contributed by atoms with Gasteiger partial charge >= 0.3 is 0 Å². The van der Waals surface area contributed by atoms with E-state index >= 15 is 0 Å². The number of hydrogen-bond donors (Lipinski definition) is 1. The molecule has 0 radical (unpaired) electrons. The largest absolute Gasteiger partial charge is 0.352 e. The smallest absolute Gasteiger partial charge is 0.242 e. The van der Waals surface area contributed by atoms with Crippen molar-refractivity contribution in [2.45, 2.75) is 65.5 Å². The Balaban J connectivity index is 2.19. The summed E-state index contributed by atoms with van der Waals surface area (Å²) in [7, 11) is -3.58. The summed E-state index contributed by atoms with van der Waals surface area (Å²) in [6.07, 6.45) is 2.67. The molecule has 0 spiro atoms. The van der Waals surface area contributed by atoms with Crippen molar-refractivity contribution in [1.82, 2.24) is 10.2 Å². The third-order valence-corrected chi connectivity index (χ3v) is 7.55. The first kappa shape index (κ1) is 29.6. The van der Waals surface area contributed by atoms with Crippen LogP contribution in [0.2, 0.25) is 5.02 Å². The molecule has 0 unspecified atom stereocenters. The van der Waals surface area contributed by atoms with Crippen molar-refractivity contribution in [2.75, 3.05) is 23.7 Å². The van der Waals surface area contributed by atoms with E-state index in [9.17, 15) is 18.0 Å². The van der Waals surface area contributed by atoms with E-state index in [0.29, 0.717) is 42.1 Å². The van der Waals surface area contributed by atoms with Crippen LogP contribution in [0.25, 0.3) is 0 Å². The van der Waals surface area contributed by atoms with Gasteiger partial charge in [0.05, 0.1) is 11.9 Å². The number of amides is 2. The van der Waals surface area contributed by atoms with E-state index in [0.717, 1.165) is 11.8 Å². The van der Waals surface area contributed by atoms with Gasteiger partial charge in [-0.2, -0.15) is 0 Å². The maximum atomic E-state index is 13.4. The Morgan fingerprint density at radius 2 is 1.69 bits per heavy atom. The van der Waals surface area contributed by atoms with Gasteiger partial charge in [-0.15, -0.1) is 0 Å². The summed E-state index contributed by atoms with van der Waals surface area (Å²) >= 11 is 6.22. The lowest BCUT2D eigenvalue weighted by atomic mass is 10.1. The monoisotopic (exact) mass is 535 g/mol. The minimum Gasteiger partial charge on any atom is -0.352 e. The highest BCUT2D eigenvalue weighted by molar-refractivity contribution is 7.92. The van der Waals surface area contributed by atoms with Gasteiger partial charge in [-0.1, -0.05) is 54.9 Å². The number of nitrogens with one attached hydrogen (secondary N) is 1. The van der Waals surface area contributed by atoms with Gasteiger partial charge in [0, 0.05) is 30.6 Å². The number of benzene rings is 2. The summed E-state index contributed by atoms with van der Waals surface area (Å²) in [5.41, 5.74) is 2.24. The second-order valence-corrected chi connectivity index (χ2v) is 11.5. The van der Waals surface area contributed by atoms with Crippen LogP contribution in [0.3, 0.4) is 0 Å². The fraction of sp³-hybridized carbons (Fsp3) is 0.481. The number of sulfonamides is 1. The fourth-order valence-electron chi connectivity index (χ4n) is 4.13. The number of nitrogens with zero attached hydrogens (tertiary/aromatic N) is 2. The van der Waals surface area contributed by atoms with Gasteiger partial charge in [-0.05, 0) is 63.3 Å². The maximum absolute atomic E-state index is 13.4. The van der Waals surface area contributed by atoms with Gasteiger partial charge in [-0.3, -0.25) is 13.9 Å². The Bertz CT molecular complexity index is 1120. The van der Waals surface area contributed by atoms with Crippen LogP contribution >= 0.6 is 11.6 Å². The number of hydrogen-bond acceptors (Lipinski definition) is 4. The minimum absolute atomic E-state index is 0.0399. The van der Waals surface area contributed by atoms with Crippen molar-refractivity contribution in [1.29, 1.82) is 0 Å². The molecule has 0 aromatic heterocycles. The van der Waals surface area contributed by atoms with E-state index in [2.05, 4.69) is 5.32 Å². The van der Waals surface area contributed by atoms with E-state index in [1.807, 2.05) is 51.1 Å². The summed E-state index contributed by atoms with van der Waals surface area (Å²) in [6, 6.07) is 14.3. The standard InChI is InChI=1S/C27H38ClN3O4S/c1-6-24(27(33)29-20(2)3)30(19-17-22-12-8-7-9-13-22)26(32)16-11-18-31(36(5,34)35)25-15-10-14-23(28)21(25)4/h7-10,12-15,20,24H,6,11,16-19H2,1-5H3,(H,29,33)/t24-/m1/s1. The molecule has 1 atom stereocenters. The summed E-state index contributed by atoms with van der Waals surface area (Å²) in [5, 5.41) is 3.40.